The summed E-state index contributed by atoms with van der Waals surface area (Å²) in [5, 5.41) is 9.77. The molecule has 0 N–H and O–H groups in total. The number of aromatic nitrogens is 1. The number of hydrogen-bond acceptors (Lipinski definition) is 8. The summed E-state index contributed by atoms with van der Waals surface area (Å²) >= 11 is 6.76. The number of ether oxygens (including phenoxy) is 3. The average Bonchev–Trinajstić information content (AvgIpc) is 3.33. The average molecular weight is 654 g/mol. The van der Waals surface area contributed by atoms with E-state index in [1.54, 1.807) is 42.5 Å². The molecule has 0 bridgehead atoms. The number of nitrogens with zero attached hydrogens (tertiary/aromatic N) is 3. The van der Waals surface area contributed by atoms with Crippen molar-refractivity contribution in [2.24, 2.45) is 4.99 Å². The van der Waals surface area contributed by atoms with Crippen LogP contribution >= 0.6 is 22.9 Å². The second-order valence-corrected chi connectivity index (χ2v) is 11.0. The Morgan fingerprint density at radius 1 is 1.13 bits per heavy atom. The van der Waals surface area contributed by atoms with E-state index in [2.05, 4.69) is 11.1 Å². The summed E-state index contributed by atoms with van der Waals surface area (Å²) in [6.45, 7) is 1.27. The van der Waals surface area contributed by atoms with Crippen molar-refractivity contribution in [1.82, 2.24) is 4.57 Å². The van der Waals surface area contributed by atoms with Gasteiger partial charge in [-0.2, -0.15) is 18.4 Å². The van der Waals surface area contributed by atoms with E-state index in [-0.39, 0.29) is 33.9 Å². The van der Waals surface area contributed by atoms with Gasteiger partial charge in [0.2, 0.25) is 0 Å². The molecule has 0 radical (unpaired) electrons. The van der Waals surface area contributed by atoms with Gasteiger partial charge in [-0.05, 0) is 42.8 Å². The highest BCUT2D eigenvalue weighted by Crippen LogP contribution is 2.39. The van der Waals surface area contributed by atoms with E-state index in [0.717, 1.165) is 15.9 Å². The van der Waals surface area contributed by atoms with Gasteiger partial charge in [-0.25, -0.2) is 9.79 Å². The lowest BCUT2D eigenvalue weighted by molar-refractivity contribution is -0.140. The van der Waals surface area contributed by atoms with Crippen LogP contribution in [-0.4, -0.2) is 30.4 Å². The minimum Gasteiger partial charge on any atom is -0.493 e. The van der Waals surface area contributed by atoms with Crippen molar-refractivity contribution in [2.75, 3.05) is 13.7 Å². The van der Waals surface area contributed by atoms with Crippen LogP contribution in [0, 0.1) is 11.3 Å². The van der Waals surface area contributed by atoms with Crippen LogP contribution in [0.2, 0.25) is 5.02 Å². The summed E-state index contributed by atoms with van der Waals surface area (Å²) in [5.74, 6) is -0.672. The predicted octanol–water partition coefficient (Wildman–Crippen LogP) is 5.45. The van der Waals surface area contributed by atoms with Crippen LogP contribution in [0.3, 0.4) is 0 Å². The lowest BCUT2D eigenvalue weighted by atomic mass is 9.95. The van der Waals surface area contributed by atoms with Gasteiger partial charge in [0.05, 0.1) is 41.5 Å². The van der Waals surface area contributed by atoms with Crippen molar-refractivity contribution in [3.05, 3.63) is 125 Å². The molecule has 0 saturated carbocycles. The maximum absolute atomic E-state index is 14.4. The van der Waals surface area contributed by atoms with E-state index in [9.17, 15) is 28.0 Å². The number of nitriles is 1. The minimum absolute atomic E-state index is 0.000601. The van der Waals surface area contributed by atoms with Crippen molar-refractivity contribution in [1.29, 1.82) is 5.26 Å². The topological polar surface area (TPSA) is 103 Å². The fourth-order valence-electron chi connectivity index (χ4n) is 4.81. The van der Waals surface area contributed by atoms with Gasteiger partial charge in [0.15, 0.2) is 22.0 Å². The van der Waals surface area contributed by atoms with Crippen LogP contribution in [0.15, 0.2) is 87.8 Å². The third-order valence-electron chi connectivity index (χ3n) is 6.81. The SMILES string of the molecule is CCOC(=O)C1=C(C(F)(F)F)N=c2s/c(=C\c3cccc(OC)c3OCc3ccccc3C#N)c(=O)n2[C@H]1c1ccc(Cl)cc1. The predicted molar refractivity (Wildman–Crippen MR) is 161 cm³/mol. The van der Waals surface area contributed by atoms with Gasteiger partial charge in [-0.1, -0.05) is 65.4 Å². The fraction of sp³-hybridized carbons (Fsp3) is 0.188. The van der Waals surface area contributed by atoms with Crippen LogP contribution in [0.1, 0.15) is 35.2 Å². The molecule has 1 aliphatic rings. The van der Waals surface area contributed by atoms with Crippen LogP contribution in [-0.2, 0) is 16.1 Å². The standard InChI is InChI=1S/C32H23ClF3N3O5S/c1-3-43-30(41)25-26(18-11-13-22(33)14-12-18)39-29(40)24(45-31(39)38-28(25)32(34,35)36)15-19-9-6-10-23(42-2)27(19)44-17-21-8-5-4-7-20(21)16-37/h4-15,26H,3,17H2,1-2H3/b24-15-/t26-/m0/s1. The highest BCUT2D eigenvalue weighted by atomic mass is 35.5. The first-order chi connectivity index (χ1) is 21.6. The van der Waals surface area contributed by atoms with Gasteiger partial charge in [-0.3, -0.25) is 9.36 Å². The number of hydrogen-bond donors (Lipinski definition) is 0. The number of para-hydroxylation sites is 1. The maximum atomic E-state index is 14.4. The first-order valence-corrected chi connectivity index (χ1v) is 14.6. The lowest BCUT2D eigenvalue weighted by Crippen LogP contribution is -2.41. The molecule has 1 aromatic heterocycles. The number of rotatable bonds is 8. The van der Waals surface area contributed by atoms with Crippen molar-refractivity contribution < 1.29 is 32.2 Å². The number of thiazole rings is 1. The Balaban J connectivity index is 1.71. The second-order valence-electron chi connectivity index (χ2n) is 9.55. The molecule has 0 fully saturated rings. The van der Waals surface area contributed by atoms with E-state index in [1.807, 2.05) is 0 Å². The van der Waals surface area contributed by atoms with Crippen LogP contribution < -0.4 is 24.4 Å². The Hall–Kier alpha value is -4.86. The first-order valence-electron chi connectivity index (χ1n) is 13.4. The van der Waals surface area contributed by atoms with Crippen molar-refractivity contribution in [3.63, 3.8) is 0 Å². The molecule has 0 amide bonds. The number of allylic oxidation sites excluding steroid dienone is 1. The van der Waals surface area contributed by atoms with Gasteiger partial charge in [-0.15, -0.1) is 0 Å². The largest absolute Gasteiger partial charge is 0.493 e. The molecule has 2 heterocycles. The number of halogens is 4. The van der Waals surface area contributed by atoms with Gasteiger partial charge in [0, 0.05) is 16.1 Å². The molecule has 0 aliphatic carbocycles. The van der Waals surface area contributed by atoms with Gasteiger partial charge < -0.3 is 14.2 Å². The molecule has 1 aliphatic heterocycles. The second kappa shape index (κ2) is 13.0. The molecule has 4 aromatic rings. The highest BCUT2D eigenvalue weighted by Gasteiger charge is 2.45. The summed E-state index contributed by atoms with van der Waals surface area (Å²) in [4.78, 5) is 30.5. The quantitative estimate of drug-likeness (QED) is 0.234. The molecule has 1 atom stereocenters. The Kier molecular flexibility index (Phi) is 9.13. The Morgan fingerprint density at radius 2 is 1.87 bits per heavy atom. The van der Waals surface area contributed by atoms with Crippen molar-refractivity contribution >= 4 is 35.0 Å². The van der Waals surface area contributed by atoms with Gasteiger partial charge >= 0.3 is 12.1 Å². The summed E-state index contributed by atoms with van der Waals surface area (Å²) < 4.78 is 60.8. The normalized spacial score (nSPS) is 14.8. The smallest absolute Gasteiger partial charge is 0.434 e. The molecular formula is C32H23ClF3N3O5S. The number of methoxy groups -OCH3 is 1. The summed E-state index contributed by atoms with van der Waals surface area (Å²) in [5.41, 5.74) is -1.33. The number of carbonyl (C=O) groups excluding carboxylic acids is 1. The Labute approximate surface area is 263 Å². The zero-order valence-electron chi connectivity index (χ0n) is 23.7. The summed E-state index contributed by atoms with van der Waals surface area (Å²) in [7, 11) is 1.44. The zero-order valence-corrected chi connectivity index (χ0v) is 25.3. The molecule has 13 heteroatoms. The summed E-state index contributed by atoms with van der Waals surface area (Å²) in [6, 6.07) is 18.2. The van der Waals surface area contributed by atoms with Crippen LogP contribution in [0.4, 0.5) is 13.2 Å². The van der Waals surface area contributed by atoms with Crippen LogP contribution in [0.25, 0.3) is 6.08 Å². The lowest BCUT2D eigenvalue weighted by Gasteiger charge is -2.26. The van der Waals surface area contributed by atoms with E-state index in [0.29, 0.717) is 27.5 Å². The molecule has 3 aromatic carbocycles. The molecular weight excluding hydrogens is 631 g/mol. The Morgan fingerprint density at radius 3 is 2.53 bits per heavy atom. The summed E-state index contributed by atoms with van der Waals surface area (Å²) in [6.07, 6.45) is -3.58. The molecule has 8 nitrogen and oxygen atoms in total. The number of esters is 1. The van der Waals surface area contributed by atoms with Gasteiger partial charge in [0.25, 0.3) is 5.56 Å². The monoisotopic (exact) mass is 653 g/mol. The number of fused-ring (bicyclic) bond motifs is 1. The fourth-order valence-corrected chi connectivity index (χ4v) is 5.93. The molecule has 0 saturated heterocycles. The molecule has 5 rings (SSSR count). The third-order valence-corrected chi connectivity index (χ3v) is 8.04. The molecule has 230 valence electrons. The third kappa shape index (κ3) is 6.36. The van der Waals surface area contributed by atoms with E-state index in [4.69, 9.17) is 25.8 Å². The maximum Gasteiger partial charge on any atom is 0.434 e. The number of benzene rings is 3. The van der Waals surface area contributed by atoms with Crippen LogP contribution in [0.5, 0.6) is 11.5 Å². The zero-order chi connectivity index (χ0) is 32.3. The molecule has 45 heavy (non-hydrogen) atoms. The van der Waals surface area contributed by atoms with Crippen molar-refractivity contribution in [2.45, 2.75) is 25.7 Å². The van der Waals surface area contributed by atoms with E-state index >= 15 is 0 Å². The molecule has 0 unspecified atom stereocenters. The first kappa shape index (κ1) is 31.6. The minimum atomic E-state index is -5.03. The van der Waals surface area contributed by atoms with Gasteiger partial charge in [0.1, 0.15) is 6.61 Å². The number of carbonyl (C=O) groups is 1. The molecule has 0 spiro atoms. The van der Waals surface area contributed by atoms with Crippen molar-refractivity contribution in [3.8, 4) is 17.6 Å². The highest BCUT2D eigenvalue weighted by molar-refractivity contribution is 7.07. The number of alkyl halides is 3. The van der Waals surface area contributed by atoms with E-state index in [1.165, 1.54) is 44.4 Å². The Bertz CT molecular complexity index is 2030. The van der Waals surface area contributed by atoms with E-state index < -0.39 is 35.0 Å².